The summed E-state index contributed by atoms with van der Waals surface area (Å²) in [5.74, 6) is 1.43. The molecule has 0 atom stereocenters. The predicted molar refractivity (Wildman–Crippen MR) is 130 cm³/mol. The zero-order chi connectivity index (χ0) is 24.3. The van der Waals surface area contributed by atoms with E-state index in [-0.39, 0.29) is 30.5 Å². The van der Waals surface area contributed by atoms with Gasteiger partial charge in [-0.05, 0) is 23.8 Å². The number of amides is 1. The molecule has 0 radical (unpaired) electrons. The minimum absolute atomic E-state index is 0.112. The number of carbonyl (C=O) groups is 1. The highest BCUT2D eigenvalue weighted by Gasteiger charge is 2.31. The predicted octanol–water partition coefficient (Wildman–Crippen LogP) is 3.04. The second kappa shape index (κ2) is 9.97. The Morgan fingerprint density at radius 2 is 1.51 bits per heavy atom. The summed E-state index contributed by atoms with van der Waals surface area (Å²) >= 11 is 0. The van der Waals surface area contributed by atoms with Crippen molar-refractivity contribution in [1.82, 2.24) is 9.21 Å². The fourth-order valence-electron chi connectivity index (χ4n) is 4.19. The molecule has 5 rings (SSSR count). The number of benzene rings is 3. The van der Waals surface area contributed by atoms with Crippen molar-refractivity contribution in [1.29, 1.82) is 0 Å². The van der Waals surface area contributed by atoms with Gasteiger partial charge in [0.05, 0.1) is 4.90 Å². The molecule has 1 saturated heterocycles. The summed E-state index contributed by atoms with van der Waals surface area (Å²) in [5.41, 5.74) is 1.92. The van der Waals surface area contributed by atoms with Crippen molar-refractivity contribution in [3.63, 3.8) is 0 Å². The van der Waals surface area contributed by atoms with Gasteiger partial charge in [0.1, 0.15) is 19.0 Å². The standard InChI is InChI=1S/C26H26N2O6S/c29-26(19-34-23-9-5-4-8-22(23)20-6-2-1-3-7-20)27-12-14-28(15-13-27)35(30,31)21-10-11-24-25(18-21)33-17-16-32-24/h1-11,18H,12-17,19H2. The molecule has 0 bridgehead atoms. The molecule has 1 amide bonds. The van der Waals surface area contributed by atoms with Crippen molar-refractivity contribution in [3.8, 4) is 28.4 Å². The van der Waals surface area contributed by atoms with Crippen molar-refractivity contribution in [3.05, 3.63) is 72.8 Å². The van der Waals surface area contributed by atoms with Crippen LogP contribution in [0, 0.1) is 0 Å². The molecule has 0 saturated carbocycles. The second-order valence-corrected chi connectivity index (χ2v) is 10.2. The highest BCUT2D eigenvalue weighted by atomic mass is 32.2. The summed E-state index contributed by atoms with van der Waals surface area (Å²) in [6.07, 6.45) is 0. The lowest BCUT2D eigenvalue weighted by Gasteiger charge is -2.34. The molecule has 0 spiro atoms. The molecule has 8 nitrogen and oxygen atoms in total. The van der Waals surface area contributed by atoms with E-state index in [0.717, 1.165) is 11.1 Å². The Balaban J connectivity index is 1.19. The van der Waals surface area contributed by atoms with E-state index in [1.807, 2.05) is 54.6 Å². The van der Waals surface area contributed by atoms with Crippen LogP contribution in [-0.2, 0) is 14.8 Å². The zero-order valence-electron chi connectivity index (χ0n) is 19.1. The summed E-state index contributed by atoms with van der Waals surface area (Å²) in [7, 11) is -3.71. The van der Waals surface area contributed by atoms with Gasteiger partial charge in [-0.25, -0.2) is 8.42 Å². The van der Waals surface area contributed by atoms with Crippen molar-refractivity contribution in [2.24, 2.45) is 0 Å². The lowest BCUT2D eigenvalue weighted by Crippen LogP contribution is -2.51. The number of fused-ring (bicyclic) bond motifs is 1. The third-order valence-corrected chi connectivity index (χ3v) is 7.96. The first kappa shape index (κ1) is 23.2. The van der Waals surface area contributed by atoms with E-state index < -0.39 is 10.0 Å². The minimum atomic E-state index is -3.71. The Kier molecular flexibility index (Phi) is 6.61. The van der Waals surface area contributed by atoms with E-state index >= 15 is 0 Å². The molecule has 3 aromatic rings. The van der Waals surface area contributed by atoms with Gasteiger partial charge in [0.15, 0.2) is 18.1 Å². The first-order chi connectivity index (χ1) is 17.0. The average molecular weight is 495 g/mol. The molecule has 0 N–H and O–H groups in total. The van der Waals surface area contributed by atoms with Crippen molar-refractivity contribution < 1.29 is 27.4 Å². The van der Waals surface area contributed by atoms with Gasteiger partial charge in [0.2, 0.25) is 10.0 Å². The van der Waals surface area contributed by atoms with Gasteiger partial charge < -0.3 is 19.1 Å². The van der Waals surface area contributed by atoms with Crippen LogP contribution in [0.4, 0.5) is 0 Å². The van der Waals surface area contributed by atoms with Crippen LogP contribution in [0.2, 0.25) is 0 Å². The lowest BCUT2D eigenvalue weighted by atomic mass is 10.1. The third-order valence-electron chi connectivity index (χ3n) is 6.07. The molecule has 2 heterocycles. The molecule has 1 fully saturated rings. The van der Waals surface area contributed by atoms with Crippen LogP contribution < -0.4 is 14.2 Å². The zero-order valence-corrected chi connectivity index (χ0v) is 19.9. The summed E-state index contributed by atoms with van der Waals surface area (Å²) in [4.78, 5) is 14.6. The molecule has 2 aliphatic heterocycles. The van der Waals surface area contributed by atoms with Crippen LogP contribution in [0.3, 0.4) is 0 Å². The van der Waals surface area contributed by atoms with E-state index in [1.165, 1.54) is 16.4 Å². The molecule has 35 heavy (non-hydrogen) atoms. The smallest absolute Gasteiger partial charge is 0.260 e. The van der Waals surface area contributed by atoms with E-state index in [1.54, 1.807) is 11.0 Å². The highest BCUT2D eigenvalue weighted by molar-refractivity contribution is 7.89. The molecule has 0 aliphatic carbocycles. The van der Waals surface area contributed by atoms with E-state index in [9.17, 15) is 13.2 Å². The van der Waals surface area contributed by atoms with Crippen LogP contribution in [0.5, 0.6) is 17.2 Å². The number of carbonyl (C=O) groups excluding carboxylic acids is 1. The maximum Gasteiger partial charge on any atom is 0.260 e. The van der Waals surface area contributed by atoms with Gasteiger partial charge in [-0.2, -0.15) is 4.31 Å². The Bertz CT molecular complexity index is 1300. The van der Waals surface area contributed by atoms with Crippen LogP contribution in [0.15, 0.2) is 77.7 Å². The van der Waals surface area contributed by atoms with E-state index in [0.29, 0.717) is 43.6 Å². The number of rotatable bonds is 6. The summed E-state index contributed by atoms with van der Waals surface area (Å²) in [5, 5.41) is 0. The van der Waals surface area contributed by atoms with Gasteiger partial charge in [0.25, 0.3) is 5.91 Å². The number of hydrogen-bond donors (Lipinski definition) is 0. The monoisotopic (exact) mass is 494 g/mol. The van der Waals surface area contributed by atoms with Crippen molar-refractivity contribution in [2.75, 3.05) is 46.0 Å². The number of hydrogen-bond acceptors (Lipinski definition) is 6. The largest absolute Gasteiger partial charge is 0.486 e. The van der Waals surface area contributed by atoms with Gasteiger partial charge >= 0.3 is 0 Å². The number of nitrogens with zero attached hydrogens (tertiary/aromatic N) is 2. The summed E-state index contributed by atoms with van der Waals surface area (Å²) in [6, 6.07) is 22.1. The molecular weight excluding hydrogens is 468 g/mol. The molecule has 3 aromatic carbocycles. The first-order valence-electron chi connectivity index (χ1n) is 11.5. The number of ether oxygens (including phenoxy) is 3. The number of para-hydroxylation sites is 1. The minimum Gasteiger partial charge on any atom is -0.486 e. The Morgan fingerprint density at radius 1 is 0.829 bits per heavy atom. The Labute approximate surface area is 204 Å². The fraction of sp³-hybridized carbons (Fsp3) is 0.269. The topological polar surface area (TPSA) is 85.4 Å². The van der Waals surface area contributed by atoms with Crippen molar-refractivity contribution in [2.45, 2.75) is 4.90 Å². The normalized spacial score (nSPS) is 16.1. The molecular formula is C26H26N2O6S. The number of sulfonamides is 1. The quantitative estimate of drug-likeness (QED) is 0.524. The van der Waals surface area contributed by atoms with Crippen LogP contribution in [0.25, 0.3) is 11.1 Å². The number of piperazine rings is 1. The maximum atomic E-state index is 13.1. The Morgan fingerprint density at radius 3 is 2.29 bits per heavy atom. The van der Waals surface area contributed by atoms with Gasteiger partial charge in [-0.15, -0.1) is 0 Å². The van der Waals surface area contributed by atoms with Crippen LogP contribution >= 0.6 is 0 Å². The molecule has 182 valence electrons. The summed E-state index contributed by atoms with van der Waals surface area (Å²) < 4.78 is 44.5. The fourth-order valence-corrected chi connectivity index (χ4v) is 5.63. The first-order valence-corrected chi connectivity index (χ1v) is 12.9. The highest BCUT2D eigenvalue weighted by Crippen LogP contribution is 2.33. The third kappa shape index (κ3) is 4.96. The molecule has 9 heteroatoms. The molecule has 0 aromatic heterocycles. The average Bonchev–Trinajstić information content (AvgIpc) is 2.92. The Hall–Kier alpha value is -3.56. The van der Waals surface area contributed by atoms with Gasteiger partial charge in [0, 0.05) is 37.8 Å². The lowest BCUT2D eigenvalue weighted by molar-refractivity contribution is -0.134. The van der Waals surface area contributed by atoms with E-state index in [2.05, 4.69) is 0 Å². The maximum absolute atomic E-state index is 13.1. The molecule has 2 aliphatic rings. The summed E-state index contributed by atoms with van der Waals surface area (Å²) in [6.45, 7) is 1.73. The van der Waals surface area contributed by atoms with Crippen LogP contribution in [-0.4, -0.2) is 69.5 Å². The second-order valence-electron chi connectivity index (χ2n) is 8.24. The van der Waals surface area contributed by atoms with Crippen molar-refractivity contribution >= 4 is 15.9 Å². The van der Waals surface area contributed by atoms with Gasteiger partial charge in [-0.1, -0.05) is 48.5 Å². The molecule has 0 unspecified atom stereocenters. The van der Waals surface area contributed by atoms with Gasteiger partial charge in [-0.3, -0.25) is 4.79 Å². The van der Waals surface area contributed by atoms with Crippen LogP contribution in [0.1, 0.15) is 0 Å². The van der Waals surface area contributed by atoms with E-state index in [4.69, 9.17) is 14.2 Å². The SMILES string of the molecule is O=C(COc1ccccc1-c1ccccc1)N1CCN(S(=O)(=O)c2ccc3c(c2)OCCO3)CC1.